The smallest absolute Gasteiger partial charge is 0.317 e. The molecule has 0 atom stereocenters. The summed E-state index contributed by atoms with van der Waals surface area (Å²) in [5, 5.41) is 2.94. The van der Waals surface area contributed by atoms with Crippen LogP contribution in [0, 0.1) is 0 Å². The summed E-state index contributed by atoms with van der Waals surface area (Å²) < 4.78 is 5.59. The first kappa shape index (κ1) is 13.8. The number of nitrogens with one attached hydrogen (secondary N) is 1. The molecule has 0 spiro atoms. The van der Waals surface area contributed by atoms with Crippen molar-refractivity contribution >= 4 is 6.03 Å². The molecule has 0 aromatic carbocycles. The fraction of sp³-hybridized carbons (Fsp3) is 0.571. The number of ether oxygens (including phenoxy) is 1. The highest BCUT2D eigenvalue weighted by Crippen LogP contribution is 2.16. The Kier molecular flexibility index (Phi) is 4.37. The molecule has 0 aliphatic carbocycles. The van der Waals surface area contributed by atoms with Crippen LogP contribution in [-0.4, -0.2) is 47.8 Å². The number of rotatable bonds is 3. The summed E-state index contributed by atoms with van der Waals surface area (Å²) in [6, 6.07) is 3.90. The molecular weight excluding hydrogens is 242 g/mol. The number of hydrogen-bond donors (Lipinski definition) is 1. The highest BCUT2D eigenvalue weighted by atomic mass is 16.5. The summed E-state index contributed by atoms with van der Waals surface area (Å²) in [4.78, 5) is 17.9. The van der Waals surface area contributed by atoms with Crippen LogP contribution in [0.2, 0.25) is 0 Å². The van der Waals surface area contributed by atoms with Gasteiger partial charge in [0.15, 0.2) is 0 Å². The van der Waals surface area contributed by atoms with Crippen LogP contribution in [0.15, 0.2) is 24.5 Å². The van der Waals surface area contributed by atoms with Gasteiger partial charge in [0, 0.05) is 25.5 Å². The van der Waals surface area contributed by atoms with Gasteiger partial charge in [0.1, 0.15) is 0 Å². The van der Waals surface area contributed by atoms with E-state index in [9.17, 15) is 4.79 Å². The van der Waals surface area contributed by atoms with E-state index >= 15 is 0 Å². The average Bonchev–Trinajstić information content (AvgIpc) is 2.38. The second-order valence-electron chi connectivity index (χ2n) is 5.37. The van der Waals surface area contributed by atoms with Gasteiger partial charge < -0.3 is 15.0 Å². The molecule has 1 aromatic heterocycles. The summed E-state index contributed by atoms with van der Waals surface area (Å²) in [6.45, 7) is 6.52. The van der Waals surface area contributed by atoms with E-state index < -0.39 is 0 Å². The molecule has 1 fully saturated rings. The van der Waals surface area contributed by atoms with Crippen molar-refractivity contribution in [1.82, 2.24) is 15.2 Å². The summed E-state index contributed by atoms with van der Waals surface area (Å²) in [5.41, 5.74) is 0.879. The number of urea groups is 1. The number of amides is 2. The van der Waals surface area contributed by atoms with Gasteiger partial charge in [-0.15, -0.1) is 0 Å². The van der Waals surface area contributed by atoms with Gasteiger partial charge in [0.25, 0.3) is 0 Å². The van der Waals surface area contributed by atoms with Crippen LogP contribution in [0.1, 0.15) is 19.4 Å². The quantitative estimate of drug-likeness (QED) is 0.898. The van der Waals surface area contributed by atoms with E-state index in [2.05, 4.69) is 10.3 Å². The van der Waals surface area contributed by atoms with Gasteiger partial charge >= 0.3 is 6.03 Å². The Morgan fingerprint density at radius 2 is 2.42 bits per heavy atom. The molecule has 2 heterocycles. The van der Waals surface area contributed by atoms with E-state index in [1.165, 1.54) is 0 Å². The van der Waals surface area contributed by atoms with Gasteiger partial charge in [-0.1, -0.05) is 6.07 Å². The van der Waals surface area contributed by atoms with Crippen molar-refractivity contribution in [3.8, 4) is 0 Å². The zero-order chi connectivity index (χ0) is 13.7. The zero-order valence-corrected chi connectivity index (χ0v) is 11.6. The molecule has 104 valence electrons. The third-order valence-electron chi connectivity index (χ3n) is 3.13. The largest absolute Gasteiger partial charge is 0.372 e. The molecule has 0 unspecified atom stereocenters. The molecule has 1 saturated heterocycles. The maximum absolute atomic E-state index is 12.0. The van der Waals surface area contributed by atoms with E-state index in [-0.39, 0.29) is 11.6 Å². The number of aromatic nitrogens is 1. The van der Waals surface area contributed by atoms with Crippen LogP contribution >= 0.6 is 0 Å². The maximum Gasteiger partial charge on any atom is 0.317 e. The summed E-state index contributed by atoms with van der Waals surface area (Å²) in [6.07, 6.45) is 4.37. The lowest BCUT2D eigenvalue weighted by Gasteiger charge is -2.38. The SMILES string of the molecule is CC1(C)CN(C(=O)NCCc2cccnc2)CCO1. The predicted molar refractivity (Wildman–Crippen MR) is 72.9 cm³/mol. The van der Waals surface area contributed by atoms with E-state index in [1.807, 2.05) is 37.1 Å². The van der Waals surface area contributed by atoms with Crippen LogP contribution in [0.25, 0.3) is 0 Å². The Labute approximate surface area is 114 Å². The highest BCUT2D eigenvalue weighted by Gasteiger charge is 2.29. The number of nitrogens with zero attached hydrogens (tertiary/aromatic N) is 2. The molecule has 0 bridgehead atoms. The van der Waals surface area contributed by atoms with E-state index in [0.29, 0.717) is 26.2 Å². The highest BCUT2D eigenvalue weighted by molar-refractivity contribution is 5.74. The third-order valence-corrected chi connectivity index (χ3v) is 3.13. The normalized spacial score (nSPS) is 18.1. The standard InChI is InChI=1S/C14H21N3O2/c1-14(2)11-17(8-9-19-14)13(18)16-7-5-12-4-3-6-15-10-12/h3-4,6,10H,5,7-9,11H2,1-2H3,(H,16,18). The first-order valence-corrected chi connectivity index (χ1v) is 6.62. The fourth-order valence-electron chi connectivity index (χ4n) is 2.16. The molecule has 1 aliphatic rings. The molecule has 2 rings (SSSR count). The monoisotopic (exact) mass is 263 g/mol. The summed E-state index contributed by atoms with van der Waals surface area (Å²) in [7, 11) is 0. The second-order valence-corrected chi connectivity index (χ2v) is 5.37. The molecule has 1 aromatic rings. The molecule has 0 saturated carbocycles. The van der Waals surface area contributed by atoms with Crippen molar-refractivity contribution in [2.75, 3.05) is 26.2 Å². The van der Waals surface area contributed by atoms with Crippen molar-refractivity contribution in [3.05, 3.63) is 30.1 Å². The van der Waals surface area contributed by atoms with Crippen LogP contribution in [0.5, 0.6) is 0 Å². The lowest BCUT2D eigenvalue weighted by atomic mass is 10.1. The molecular formula is C14H21N3O2. The van der Waals surface area contributed by atoms with Gasteiger partial charge in [-0.3, -0.25) is 4.98 Å². The van der Waals surface area contributed by atoms with Crippen molar-refractivity contribution < 1.29 is 9.53 Å². The van der Waals surface area contributed by atoms with Gasteiger partial charge in [0.05, 0.1) is 18.8 Å². The van der Waals surface area contributed by atoms with Gasteiger partial charge in [-0.05, 0) is 31.9 Å². The average molecular weight is 263 g/mol. The van der Waals surface area contributed by atoms with E-state index in [4.69, 9.17) is 4.74 Å². The van der Waals surface area contributed by atoms with E-state index in [0.717, 1.165) is 12.0 Å². The number of carbonyl (C=O) groups is 1. The minimum absolute atomic E-state index is 0.0136. The molecule has 2 amide bonds. The van der Waals surface area contributed by atoms with E-state index in [1.54, 1.807) is 6.20 Å². The first-order chi connectivity index (χ1) is 9.07. The molecule has 1 N–H and O–H groups in total. The Hall–Kier alpha value is -1.62. The van der Waals surface area contributed by atoms with Crippen LogP contribution in [0.4, 0.5) is 4.79 Å². The predicted octanol–water partition coefficient (Wildman–Crippen LogP) is 1.44. The summed E-state index contributed by atoms with van der Waals surface area (Å²) in [5.74, 6) is 0. The second kappa shape index (κ2) is 6.02. The maximum atomic E-state index is 12.0. The van der Waals surface area contributed by atoms with Crippen molar-refractivity contribution in [1.29, 1.82) is 0 Å². The molecule has 5 heteroatoms. The van der Waals surface area contributed by atoms with Crippen LogP contribution < -0.4 is 5.32 Å². The molecule has 0 radical (unpaired) electrons. The number of morpholine rings is 1. The molecule has 5 nitrogen and oxygen atoms in total. The Morgan fingerprint density at radius 1 is 1.58 bits per heavy atom. The van der Waals surface area contributed by atoms with Crippen LogP contribution in [-0.2, 0) is 11.2 Å². The number of pyridine rings is 1. The minimum Gasteiger partial charge on any atom is -0.372 e. The summed E-state index contributed by atoms with van der Waals surface area (Å²) >= 11 is 0. The van der Waals surface area contributed by atoms with Crippen LogP contribution in [0.3, 0.4) is 0 Å². The molecule has 19 heavy (non-hydrogen) atoms. The molecule has 1 aliphatic heterocycles. The lowest BCUT2D eigenvalue weighted by Crippen LogP contribution is -2.53. The van der Waals surface area contributed by atoms with Gasteiger partial charge in [-0.2, -0.15) is 0 Å². The number of hydrogen-bond acceptors (Lipinski definition) is 3. The third kappa shape index (κ3) is 4.21. The Morgan fingerprint density at radius 3 is 3.11 bits per heavy atom. The van der Waals surface area contributed by atoms with Gasteiger partial charge in [0.2, 0.25) is 0 Å². The Balaban J connectivity index is 1.75. The first-order valence-electron chi connectivity index (χ1n) is 6.62. The fourth-order valence-corrected chi connectivity index (χ4v) is 2.16. The van der Waals surface area contributed by atoms with Crippen molar-refractivity contribution in [3.63, 3.8) is 0 Å². The van der Waals surface area contributed by atoms with Gasteiger partial charge in [-0.25, -0.2) is 4.79 Å². The van der Waals surface area contributed by atoms with Crippen molar-refractivity contribution in [2.24, 2.45) is 0 Å². The minimum atomic E-state index is -0.251. The number of carbonyl (C=O) groups excluding carboxylic acids is 1. The zero-order valence-electron chi connectivity index (χ0n) is 11.6. The lowest BCUT2D eigenvalue weighted by molar-refractivity contribution is -0.0733. The Bertz CT molecular complexity index is 420. The van der Waals surface area contributed by atoms with Crippen molar-refractivity contribution in [2.45, 2.75) is 25.9 Å². The topological polar surface area (TPSA) is 54.5 Å².